The smallest absolute Gasteiger partial charge is 0.329 e. The Morgan fingerprint density at radius 1 is 1.67 bits per heavy atom. The van der Waals surface area contributed by atoms with Crippen molar-refractivity contribution in [1.29, 1.82) is 0 Å². The number of nitrogens with zero attached hydrogens (tertiary/aromatic N) is 3. The third-order valence-corrected chi connectivity index (χ3v) is 1.66. The maximum absolute atomic E-state index is 10.4. The lowest BCUT2D eigenvalue weighted by Gasteiger charge is -2.06. The van der Waals surface area contributed by atoms with Gasteiger partial charge in [0.1, 0.15) is 6.20 Å². The van der Waals surface area contributed by atoms with E-state index in [-0.39, 0.29) is 11.5 Å². The van der Waals surface area contributed by atoms with Crippen LogP contribution >= 0.6 is 0 Å². The van der Waals surface area contributed by atoms with Crippen LogP contribution in [0, 0.1) is 16.0 Å². The quantitative estimate of drug-likeness (QED) is 0.569. The molecule has 0 spiro atoms. The predicted octanol–water partition coefficient (Wildman–Crippen LogP) is 1.03. The van der Waals surface area contributed by atoms with Gasteiger partial charge in [0.25, 0.3) is 0 Å². The van der Waals surface area contributed by atoms with Crippen molar-refractivity contribution in [2.45, 2.75) is 13.8 Å². The van der Waals surface area contributed by atoms with Gasteiger partial charge in [0.05, 0.1) is 4.92 Å². The molecule has 7 nitrogen and oxygen atoms in total. The van der Waals surface area contributed by atoms with Gasteiger partial charge in [0.15, 0.2) is 0 Å². The van der Waals surface area contributed by atoms with Crippen molar-refractivity contribution >= 4 is 17.5 Å². The standard InChI is InChI=1S/C8H13N5O2/c1-5(2)3-10-8-11-4-6(13(14)15)7(9)12-8/h4-5H,3H2,1-2H3,(H3,9,10,11,12). The van der Waals surface area contributed by atoms with Crippen molar-refractivity contribution in [3.63, 3.8) is 0 Å². The van der Waals surface area contributed by atoms with E-state index in [1.165, 1.54) is 0 Å². The zero-order chi connectivity index (χ0) is 11.4. The van der Waals surface area contributed by atoms with Crippen LogP contribution in [-0.2, 0) is 0 Å². The fourth-order valence-corrected chi connectivity index (χ4v) is 0.910. The van der Waals surface area contributed by atoms with E-state index in [0.29, 0.717) is 18.4 Å². The van der Waals surface area contributed by atoms with E-state index < -0.39 is 4.92 Å². The Bertz CT molecular complexity index is 366. The van der Waals surface area contributed by atoms with E-state index in [9.17, 15) is 10.1 Å². The lowest BCUT2D eigenvalue weighted by molar-refractivity contribution is -0.384. The number of hydrogen-bond donors (Lipinski definition) is 2. The average molecular weight is 211 g/mol. The van der Waals surface area contributed by atoms with E-state index in [4.69, 9.17) is 5.73 Å². The lowest BCUT2D eigenvalue weighted by Crippen LogP contribution is -2.11. The number of rotatable bonds is 4. The van der Waals surface area contributed by atoms with Crippen LogP contribution in [0.3, 0.4) is 0 Å². The molecule has 0 fully saturated rings. The normalized spacial score (nSPS) is 10.3. The highest BCUT2D eigenvalue weighted by Crippen LogP contribution is 2.18. The van der Waals surface area contributed by atoms with Crippen LogP contribution in [0.4, 0.5) is 17.5 Å². The third-order valence-electron chi connectivity index (χ3n) is 1.66. The van der Waals surface area contributed by atoms with E-state index >= 15 is 0 Å². The Morgan fingerprint density at radius 3 is 2.80 bits per heavy atom. The second-order valence-corrected chi connectivity index (χ2v) is 3.50. The Balaban J connectivity index is 2.78. The van der Waals surface area contributed by atoms with E-state index in [1.807, 2.05) is 13.8 Å². The van der Waals surface area contributed by atoms with Crippen molar-refractivity contribution in [3.8, 4) is 0 Å². The molecule has 7 heteroatoms. The van der Waals surface area contributed by atoms with Gasteiger partial charge in [0, 0.05) is 6.54 Å². The molecule has 0 amide bonds. The number of nitrogens with two attached hydrogens (primary N) is 1. The molecule has 1 aromatic heterocycles. The van der Waals surface area contributed by atoms with Gasteiger partial charge < -0.3 is 11.1 Å². The monoisotopic (exact) mass is 211 g/mol. The van der Waals surface area contributed by atoms with Crippen molar-refractivity contribution in [1.82, 2.24) is 9.97 Å². The molecular weight excluding hydrogens is 198 g/mol. The second kappa shape index (κ2) is 4.54. The number of nitrogen functional groups attached to an aromatic ring is 1. The fraction of sp³-hybridized carbons (Fsp3) is 0.500. The van der Waals surface area contributed by atoms with Crippen LogP contribution in [0.15, 0.2) is 6.20 Å². The Hall–Kier alpha value is -1.92. The Labute approximate surface area is 86.9 Å². The number of aromatic nitrogens is 2. The highest BCUT2D eigenvalue weighted by molar-refractivity contribution is 5.53. The first-order valence-corrected chi connectivity index (χ1v) is 4.51. The maximum atomic E-state index is 10.4. The van der Waals surface area contributed by atoms with E-state index in [1.54, 1.807) is 0 Å². The van der Waals surface area contributed by atoms with Gasteiger partial charge in [0.2, 0.25) is 11.8 Å². The zero-order valence-corrected chi connectivity index (χ0v) is 8.60. The summed E-state index contributed by atoms with van der Waals surface area (Å²) in [6.45, 7) is 4.75. The number of nitrogens with one attached hydrogen (secondary N) is 1. The summed E-state index contributed by atoms with van der Waals surface area (Å²) in [5.41, 5.74) is 5.12. The van der Waals surface area contributed by atoms with E-state index in [2.05, 4.69) is 15.3 Å². The summed E-state index contributed by atoms with van der Waals surface area (Å²) >= 11 is 0. The van der Waals surface area contributed by atoms with Crippen LogP contribution in [-0.4, -0.2) is 21.4 Å². The summed E-state index contributed by atoms with van der Waals surface area (Å²) in [5.74, 6) is 0.623. The summed E-state index contributed by atoms with van der Waals surface area (Å²) < 4.78 is 0. The number of hydrogen-bond acceptors (Lipinski definition) is 6. The van der Waals surface area contributed by atoms with Crippen molar-refractivity contribution in [2.24, 2.45) is 5.92 Å². The van der Waals surface area contributed by atoms with Gasteiger partial charge in [-0.15, -0.1) is 0 Å². The topological polar surface area (TPSA) is 107 Å². The molecule has 1 heterocycles. The largest absolute Gasteiger partial charge is 0.378 e. The first-order chi connectivity index (χ1) is 7.00. The third kappa shape index (κ3) is 3.04. The van der Waals surface area contributed by atoms with Gasteiger partial charge in [-0.2, -0.15) is 4.98 Å². The molecule has 0 unspecified atom stereocenters. The zero-order valence-electron chi connectivity index (χ0n) is 8.60. The molecule has 0 aliphatic heterocycles. The molecule has 15 heavy (non-hydrogen) atoms. The summed E-state index contributed by atoms with van der Waals surface area (Å²) in [6.07, 6.45) is 1.10. The SMILES string of the molecule is CC(C)CNc1ncc([N+](=O)[O-])c(N)n1. The van der Waals surface area contributed by atoms with Gasteiger partial charge in [-0.3, -0.25) is 10.1 Å². The molecule has 1 aromatic rings. The average Bonchev–Trinajstić information content (AvgIpc) is 2.14. The molecule has 1 rings (SSSR count). The summed E-state index contributed by atoms with van der Waals surface area (Å²) in [4.78, 5) is 17.4. The first-order valence-electron chi connectivity index (χ1n) is 4.51. The minimum atomic E-state index is -0.610. The number of anilines is 2. The van der Waals surface area contributed by atoms with Crippen molar-refractivity contribution in [3.05, 3.63) is 16.3 Å². The lowest BCUT2D eigenvalue weighted by atomic mass is 10.2. The Kier molecular flexibility index (Phi) is 3.37. The molecule has 3 N–H and O–H groups in total. The molecule has 82 valence electrons. The van der Waals surface area contributed by atoms with Crippen LogP contribution < -0.4 is 11.1 Å². The van der Waals surface area contributed by atoms with Gasteiger partial charge in [-0.05, 0) is 5.92 Å². The minimum Gasteiger partial charge on any atom is -0.378 e. The molecule has 0 aliphatic rings. The molecule has 0 saturated carbocycles. The fourth-order valence-electron chi connectivity index (χ4n) is 0.910. The first kappa shape index (κ1) is 11.2. The van der Waals surface area contributed by atoms with Crippen LogP contribution in [0.1, 0.15) is 13.8 Å². The molecular formula is C8H13N5O2. The highest BCUT2D eigenvalue weighted by atomic mass is 16.6. The summed E-state index contributed by atoms with van der Waals surface area (Å²) in [7, 11) is 0. The summed E-state index contributed by atoms with van der Waals surface area (Å²) in [6, 6.07) is 0. The van der Waals surface area contributed by atoms with Crippen LogP contribution in [0.5, 0.6) is 0 Å². The second-order valence-electron chi connectivity index (χ2n) is 3.50. The molecule has 0 radical (unpaired) electrons. The maximum Gasteiger partial charge on any atom is 0.329 e. The van der Waals surface area contributed by atoms with Crippen LogP contribution in [0.2, 0.25) is 0 Å². The Morgan fingerprint density at radius 2 is 2.33 bits per heavy atom. The van der Waals surface area contributed by atoms with Crippen molar-refractivity contribution in [2.75, 3.05) is 17.6 Å². The molecule has 0 aliphatic carbocycles. The van der Waals surface area contributed by atoms with Crippen molar-refractivity contribution < 1.29 is 4.92 Å². The molecule has 0 bridgehead atoms. The summed E-state index contributed by atoms with van der Waals surface area (Å²) in [5, 5.41) is 13.4. The molecule has 0 atom stereocenters. The highest BCUT2D eigenvalue weighted by Gasteiger charge is 2.13. The predicted molar refractivity (Wildman–Crippen MR) is 56.4 cm³/mol. The van der Waals surface area contributed by atoms with Gasteiger partial charge >= 0.3 is 5.69 Å². The minimum absolute atomic E-state index is 0.124. The molecule has 0 aromatic carbocycles. The van der Waals surface area contributed by atoms with Gasteiger partial charge in [-0.25, -0.2) is 4.98 Å². The van der Waals surface area contributed by atoms with Crippen LogP contribution in [0.25, 0.3) is 0 Å². The molecule has 0 saturated heterocycles. The van der Waals surface area contributed by atoms with E-state index in [0.717, 1.165) is 6.20 Å². The van der Waals surface area contributed by atoms with Gasteiger partial charge in [-0.1, -0.05) is 13.8 Å². The number of nitro groups is 1.